The number of hydrogen-bond donors (Lipinski definition) is 2. The Balaban J connectivity index is 1.99. The van der Waals surface area contributed by atoms with Crippen LogP contribution < -0.4 is 11.1 Å². The molecule has 0 amide bonds. The summed E-state index contributed by atoms with van der Waals surface area (Å²) in [7, 11) is 0. The summed E-state index contributed by atoms with van der Waals surface area (Å²) in [6.45, 7) is 0.384. The lowest BCUT2D eigenvalue weighted by atomic mass is 10.2. The summed E-state index contributed by atoms with van der Waals surface area (Å²) >= 11 is 0. The normalized spacial score (nSPS) is 10.5. The second kappa shape index (κ2) is 4.77. The maximum absolute atomic E-state index is 13.1. The summed E-state index contributed by atoms with van der Waals surface area (Å²) in [5, 5.41) is 6.24. The fourth-order valence-electron chi connectivity index (χ4n) is 1.34. The number of benzene rings is 1. The van der Waals surface area contributed by atoms with Gasteiger partial charge in [0, 0.05) is 19.0 Å². The van der Waals surface area contributed by atoms with Gasteiger partial charge in [-0.1, -0.05) is 5.16 Å². The predicted molar refractivity (Wildman–Crippen MR) is 57.3 cm³/mol. The number of aromatic nitrogens is 2. The molecular weight excluding hydrogens is 230 g/mol. The van der Waals surface area contributed by atoms with E-state index in [2.05, 4.69) is 15.5 Å². The maximum Gasteiger partial charge on any atom is 0.228 e. The first-order chi connectivity index (χ1) is 8.16. The summed E-state index contributed by atoms with van der Waals surface area (Å²) in [4.78, 5) is 3.81. The molecule has 0 aliphatic carbocycles. The van der Waals surface area contributed by atoms with E-state index < -0.39 is 11.6 Å². The SMILES string of the molecule is Nc1c(F)cc(F)cc1NCCc1ncno1. The van der Waals surface area contributed by atoms with Crippen LogP contribution in [0.2, 0.25) is 0 Å². The van der Waals surface area contributed by atoms with E-state index in [1.807, 2.05) is 0 Å². The molecule has 0 saturated heterocycles. The molecule has 0 radical (unpaired) electrons. The van der Waals surface area contributed by atoms with Crippen molar-refractivity contribution in [3.63, 3.8) is 0 Å². The number of nitrogens with two attached hydrogens (primary N) is 1. The first kappa shape index (κ1) is 11.3. The minimum absolute atomic E-state index is 0.114. The first-order valence-electron chi connectivity index (χ1n) is 4.91. The summed E-state index contributed by atoms with van der Waals surface area (Å²) in [5.74, 6) is -1.03. The molecule has 1 heterocycles. The van der Waals surface area contributed by atoms with Crippen LogP contribution in [0.5, 0.6) is 0 Å². The Hall–Kier alpha value is -2.18. The summed E-state index contributed by atoms with van der Waals surface area (Å²) in [6.07, 6.45) is 1.73. The predicted octanol–water partition coefficient (Wildman–Crippen LogP) is 1.58. The lowest BCUT2D eigenvalue weighted by molar-refractivity contribution is 0.380. The second-order valence-electron chi connectivity index (χ2n) is 3.36. The molecule has 0 saturated carbocycles. The molecule has 0 unspecified atom stereocenters. The highest BCUT2D eigenvalue weighted by Gasteiger charge is 2.08. The van der Waals surface area contributed by atoms with Crippen LogP contribution in [0.4, 0.5) is 20.2 Å². The van der Waals surface area contributed by atoms with E-state index in [1.54, 1.807) is 0 Å². The molecule has 0 atom stereocenters. The van der Waals surface area contributed by atoms with Gasteiger partial charge in [0.1, 0.15) is 5.82 Å². The zero-order valence-electron chi connectivity index (χ0n) is 8.78. The third-order valence-electron chi connectivity index (χ3n) is 2.16. The van der Waals surface area contributed by atoms with Gasteiger partial charge in [0.15, 0.2) is 12.1 Å². The van der Waals surface area contributed by atoms with Crippen LogP contribution in [0.3, 0.4) is 0 Å². The lowest BCUT2D eigenvalue weighted by Crippen LogP contribution is -2.08. The van der Waals surface area contributed by atoms with E-state index >= 15 is 0 Å². The molecule has 5 nitrogen and oxygen atoms in total. The van der Waals surface area contributed by atoms with Gasteiger partial charge in [0.2, 0.25) is 5.89 Å². The van der Waals surface area contributed by atoms with E-state index in [9.17, 15) is 8.78 Å². The largest absolute Gasteiger partial charge is 0.395 e. The Morgan fingerprint density at radius 3 is 2.88 bits per heavy atom. The molecule has 0 fully saturated rings. The minimum Gasteiger partial charge on any atom is -0.395 e. The van der Waals surface area contributed by atoms with Crippen LogP contribution in [-0.2, 0) is 6.42 Å². The third-order valence-corrected chi connectivity index (χ3v) is 2.16. The molecule has 0 aliphatic heterocycles. The number of halogens is 2. The summed E-state index contributed by atoms with van der Waals surface area (Å²) in [5.41, 5.74) is 5.55. The van der Waals surface area contributed by atoms with Crippen LogP contribution in [0.1, 0.15) is 5.89 Å². The van der Waals surface area contributed by atoms with Crippen LogP contribution >= 0.6 is 0 Å². The van der Waals surface area contributed by atoms with Crippen molar-refractivity contribution in [1.82, 2.24) is 10.1 Å². The number of nitrogens with one attached hydrogen (secondary N) is 1. The highest BCUT2D eigenvalue weighted by atomic mass is 19.1. The van der Waals surface area contributed by atoms with Gasteiger partial charge in [0.05, 0.1) is 11.4 Å². The van der Waals surface area contributed by atoms with Crippen molar-refractivity contribution in [3.8, 4) is 0 Å². The average Bonchev–Trinajstić information content (AvgIpc) is 2.78. The fourth-order valence-corrected chi connectivity index (χ4v) is 1.34. The molecule has 7 heteroatoms. The quantitative estimate of drug-likeness (QED) is 0.793. The van der Waals surface area contributed by atoms with E-state index in [-0.39, 0.29) is 11.4 Å². The number of anilines is 2. The van der Waals surface area contributed by atoms with Gasteiger partial charge in [-0.2, -0.15) is 4.98 Å². The molecule has 2 aromatic rings. The number of hydrogen-bond acceptors (Lipinski definition) is 5. The fraction of sp³-hybridized carbons (Fsp3) is 0.200. The van der Waals surface area contributed by atoms with Crippen molar-refractivity contribution in [2.45, 2.75) is 6.42 Å². The van der Waals surface area contributed by atoms with E-state index in [0.29, 0.717) is 18.9 Å². The van der Waals surface area contributed by atoms with Crippen molar-refractivity contribution in [3.05, 3.63) is 36.0 Å². The highest BCUT2D eigenvalue weighted by Crippen LogP contribution is 2.23. The van der Waals surface area contributed by atoms with E-state index in [0.717, 1.165) is 12.1 Å². The van der Waals surface area contributed by atoms with Crippen LogP contribution in [-0.4, -0.2) is 16.7 Å². The topological polar surface area (TPSA) is 77.0 Å². The van der Waals surface area contributed by atoms with Crippen LogP contribution in [0.25, 0.3) is 0 Å². The molecule has 0 bridgehead atoms. The van der Waals surface area contributed by atoms with Gasteiger partial charge in [0.25, 0.3) is 0 Å². The van der Waals surface area contributed by atoms with Gasteiger partial charge in [-0.15, -0.1) is 0 Å². The molecule has 1 aromatic heterocycles. The van der Waals surface area contributed by atoms with Crippen LogP contribution in [0, 0.1) is 11.6 Å². The van der Waals surface area contributed by atoms with Crippen molar-refractivity contribution < 1.29 is 13.3 Å². The Kier molecular flexibility index (Phi) is 3.17. The van der Waals surface area contributed by atoms with Crippen molar-refractivity contribution in [1.29, 1.82) is 0 Å². The molecule has 90 valence electrons. The van der Waals surface area contributed by atoms with E-state index in [4.69, 9.17) is 10.3 Å². The maximum atomic E-state index is 13.1. The zero-order chi connectivity index (χ0) is 12.3. The van der Waals surface area contributed by atoms with Crippen molar-refractivity contribution in [2.75, 3.05) is 17.6 Å². The monoisotopic (exact) mass is 240 g/mol. The summed E-state index contributed by atoms with van der Waals surface area (Å²) in [6, 6.07) is 1.87. The molecule has 0 spiro atoms. The number of rotatable bonds is 4. The second-order valence-corrected chi connectivity index (χ2v) is 3.36. The molecule has 0 aliphatic rings. The standard InChI is InChI=1S/C10H10F2N4O/c11-6-3-7(12)10(13)8(4-6)14-2-1-9-15-5-16-17-9/h3-5,14H,1-2,13H2. The summed E-state index contributed by atoms with van der Waals surface area (Å²) < 4.78 is 30.8. The van der Waals surface area contributed by atoms with Gasteiger partial charge in [-0.3, -0.25) is 0 Å². The smallest absolute Gasteiger partial charge is 0.228 e. The zero-order valence-corrected chi connectivity index (χ0v) is 8.78. The number of nitrogens with zero attached hydrogens (tertiary/aromatic N) is 2. The Labute approximate surface area is 95.6 Å². The Bertz CT molecular complexity index is 501. The third kappa shape index (κ3) is 2.68. The highest BCUT2D eigenvalue weighted by molar-refractivity contribution is 5.66. The first-order valence-corrected chi connectivity index (χ1v) is 4.91. The Morgan fingerprint density at radius 2 is 2.18 bits per heavy atom. The minimum atomic E-state index is -0.787. The van der Waals surface area contributed by atoms with Gasteiger partial charge >= 0.3 is 0 Å². The van der Waals surface area contributed by atoms with Crippen molar-refractivity contribution in [2.24, 2.45) is 0 Å². The van der Waals surface area contributed by atoms with E-state index in [1.165, 1.54) is 6.33 Å². The average molecular weight is 240 g/mol. The molecule has 1 aromatic carbocycles. The molecule has 2 rings (SSSR count). The Morgan fingerprint density at radius 1 is 1.35 bits per heavy atom. The lowest BCUT2D eigenvalue weighted by Gasteiger charge is -2.08. The van der Waals surface area contributed by atoms with Crippen molar-refractivity contribution >= 4 is 11.4 Å². The van der Waals surface area contributed by atoms with Gasteiger partial charge in [-0.25, -0.2) is 8.78 Å². The number of nitrogen functional groups attached to an aromatic ring is 1. The molecule has 3 N–H and O–H groups in total. The van der Waals surface area contributed by atoms with Gasteiger partial charge < -0.3 is 15.6 Å². The van der Waals surface area contributed by atoms with Gasteiger partial charge in [-0.05, 0) is 6.07 Å². The molecular formula is C10H10F2N4O. The van der Waals surface area contributed by atoms with Crippen LogP contribution in [0.15, 0.2) is 23.0 Å². The molecule has 17 heavy (non-hydrogen) atoms.